The maximum Gasteiger partial charge on any atom is 0.371 e. The molecule has 0 aliphatic carbocycles. The molecule has 4 heteroatoms. The minimum Gasteiger partial charge on any atom is -0.475 e. The van der Waals surface area contributed by atoms with Crippen LogP contribution in [0.4, 0.5) is 0 Å². The van der Waals surface area contributed by atoms with Gasteiger partial charge in [0.15, 0.2) is 0 Å². The van der Waals surface area contributed by atoms with Gasteiger partial charge in [-0.15, -0.1) is 11.6 Å². The van der Waals surface area contributed by atoms with E-state index in [0.717, 1.165) is 0 Å². The van der Waals surface area contributed by atoms with Crippen LogP contribution in [0.1, 0.15) is 16.3 Å². The monoisotopic (exact) mass is 160 g/mol. The molecule has 1 aromatic rings. The summed E-state index contributed by atoms with van der Waals surface area (Å²) in [6.45, 7) is 0. The molecule has 1 N–H and O–H groups in total. The fraction of sp³-hybridized carbons (Fsp3) is 0.167. The normalized spacial score (nSPS) is 9.70. The maximum absolute atomic E-state index is 10.2. The van der Waals surface area contributed by atoms with Crippen LogP contribution in [0.5, 0.6) is 0 Å². The summed E-state index contributed by atoms with van der Waals surface area (Å²) < 4.78 is 4.76. The van der Waals surface area contributed by atoms with E-state index in [4.69, 9.17) is 21.1 Å². The molecule has 1 aromatic heterocycles. The van der Waals surface area contributed by atoms with Crippen LogP contribution in [0, 0.1) is 0 Å². The number of hydrogen-bond acceptors (Lipinski definition) is 2. The third-order valence-electron chi connectivity index (χ3n) is 1.00. The molecule has 0 aromatic carbocycles. The van der Waals surface area contributed by atoms with E-state index in [9.17, 15) is 4.79 Å². The first kappa shape index (κ1) is 7.15. The van der Waals surface area contributed by atoms with Gasteiger partial charge in [-0.05, 0) is 12.1 Å². The average Bonchev–Trinajstić information content (AvgIpc) is 2.34. The Labute approximate surface area is 62.2 Å². The van der Waals surface area contributed by atoms with Crippen LogP contribution in [0.3, 0.4) is 0 Å². The van der Waals surface area contributed by atoms with Crippen molar-refractivity contribution in [1.82, 2.24) is 0 Å². The standard InChI is InChI=1S/C6H5ClO3/c7-3-4-1-2-5(10-4)6(8)9/h1-2H,3H2,(H,8,9). The number of aromatic carboxylic acids is 1. The molecule has 0 radical (unpaired) electrons. The minimum atomic E-state index is -1.07. The van der Waals surface area contributed by atoms with Gasteiger partial charge < -0.3 is 9.52 Å². The molecule has 0 aliphatic heterocycles. The van der Waals surface area contributed by atoms with Gasteiger partial charge in [-0.25, -0.2) is 4.79 Å². The van der Waals surface area contributed by atoms with E-state index in [1.165, 1.54) is 12.1 Å². The van der Waals surface area contributed by atoms with Crippen LogP contribution in [-0.4, -0.2) is 11.1 Å². The lowest BCUT2D eigenvalue weighted by Gasteiger charge is -1.84. The van der Waals surface area contributed by atoms with Gasteiger partial charge in [-0.1, -0.05) is 0 Å². The largest absolute Gasteiger partial charge is 0.475 e. The van der Waals surface area contributed by atoms with Crippen LogP contribution in [0.15, 0.2) is 16.5 Å². The highest BCUT2D eigenvalue weighted by molar-refractivity contribution is 6.16. The summed E-state index contributed by atoms with van der Waals surface area (Å²) in [5, 5.41) is 8.36. The molecule has 0 fully saturated rings. The smallest absolute Gasteiger partial charge is 0.371 e. The molecule has 10 heavy (non-hydrogen) atoms. The van der Waals surface area contributed by atoms with Crippen LogP contribution in [-0.2, 0) is 5.88 Å². The Bertz CT molecular complexity index is 241. The van der Waals surface area contributed by atoms with Crippen LogP contribution < -0.4 is 0 Å². The van der Waals surface area contributed by atoms with Crippen molar-refractivity contribution in [2.24, 2.45) is 0 Å². The fourth-order valence-corrected chi connectivity index (χ4v) is 0.708. The highest BCUT2D eigenvalue weighted by Gasteiger charge is 2.06. The van der Waals surface area contributed by atoms with E-state index in [-0.39, 0.29) is 11.6 Å². The van der Waals surface area contributed by atoms with Crippen LogP contribution >= 0.6 is 11.6 Å². The van der Waals surface area contributed by atoms with Gasteiger partial charge in [0.2, 0.25) is 5.76 Å². The van der Waals surface area contributed by atoms with E-state index in [2.05, 4.69) is 0 Å². The Kier molecular flexibility index (Phi) is 1.97. The summed E-state index contributed by atoms with van der Waals surface area (Å²) in [6.07, 6.45) is 0. The highest BCUT2D eigenvalue weighted by atomic mass is 35.5. The molecule has 0 amide bonds. The number of carbonyl (C=O) groups is 1. The van der Waals surface area contributed by atoms with Crippen molar-refractivity contribution >= 4 is 17.6 Å². The first-order valence-electron chi connectivity index (χ1n) is 2.62. The number of hydrogen-bond donors (Lipinski definition) is 1. The number of rotatable bonds is 2. The SMILES string of the molecule is O=C(O)c1ccc(CCl)o1. The molecule has 0 saturated heterocycles. The molecular weight excluding hydrogens is 156 g/mol. The number of furan rings is 1. The molecule has 3 nitrogen and oxygen atoms in total. The first-order chi connectivity index (χ1) is 4.74. The van der Waals surface area contributed by atoms with Gasteiger partial charge in [0, 0.05) is 0 Å². The topological polar surface area (TPSA) is 50.4 Å². The number of carboxylic acid groups (broad SMARTS) is 1. The molecule has 0 unspecified atom stereocenters. The second kappa shape index (κ2) is 2.75. The van der Waals surface area contributed by atoms with Gasteiger partial charge in [0.1, 0.15) is 5.76 Å². The molecule has 0 bridgehead atoms. The summed E-state index contributed by atoms with van der Waals surface area (Å²) in [5.41, 5.74) is 0. The molecule has 1 rings (SSSR count). The third-order valence-corrected chi connectivity index (χ3v) is 1.27. The van der Waals surface area contributed by atoms with Crippen LogP contribution in [0.2, 0.25) is 0 Å². The van der Waals surface area contributed by atoms with Gasteiger partial charge in [-0.3, -0.25) is 0 Å². The van der Waals surface area contributed by atoms with Gasteiger partial charge in [-0.2, -0.15) is 0 Å². The molecular formula is C6H5ClO3. The number of carboxylic acids is 1. The van der Waals surface area contributed by atoms with E-state index >= 15 is 0 Å². The van der Waals surface area contributed by atoms with E-state index in [0.29, 0.717) is 5.76 Å². The van der Waals surface area contributed by atoms with Crippen LogP contribution in [0.25, 0.3) is 0 Å². The molecule has 54 valence electrons. The number of alkyl halides is 1. The minimum absolute atomic E-state index is 0.0735. The Morgan fingerprint density at radius 3 is 2.70 bits per heavy atom. The summed E-state index contributed by atoms with van der Waals surface area (Å²) in [4.78, 5) is 10.2. The first-order valence-corrected chi connectivity index (χ1v) is 3.15. The fourth-order valence-electron chi connectivity index (χ4n) is 0.565. The third kappa shape index (κ3) is 1.30. The number of halogens is 1. The van der Waals surface area contributed by atoms with Crippen molar-refractivity contribution in [2.75, 3.05) is 0 Å². The molecule has 1 heterocycles. The van der Waals surface area contributed by atoms with Gasteiger partial charge >= 0.3 is 5.97 Å². The van der Waals surface area contributed by atoms with Crippen molar-refractivity contribution in [2.45, 2.75) is 5.88 Å². The van der Waals surface area contributed by atoms with E-state index in [1.807, 2.05) is 0 Å². The highest BCUT2D eigenvalue weighted by Crippen LogP contribution is 2.09. The maximum atomic E-state index is 10.2. The second-order valence-electron chi connectivity index (χ2n) is 1.70. The molecule has 0 saturated carbocycles. The van der Waals surface area contributed by atoms with Crippen molar-refractivity contribution in [1.29, 1.82) is 0 Å². The quantitative estimate of drug-likeness (QED) is 0.671. The van der Waals surface area contributed by atoms with Gasteiger partial charge in [0.25, 0.3) is 0 Å². The Morgan fingerprint density at radius 2 is 2.40 bits per heavy atom. The lowest BCUT2D eigenvalue weighted by Crippen LogP contribution is -1.91. The predicted molar refractivity (Wildman–Crippen MR) is 35.2 cm³/mol. The molecule has 0 aliphatic rings. The lowest BCUT2D eigenvalue weighted by molar-refractivity contribution is 0.0661. The summed E-state index contributed by atoms with van der Waals surface area (Å²) in [5.74, 6) is -0.473. The van der Waals surface area contributed by atoms with Crippen molar-refractivity contribution in [3.8, 4) is 0 Å². The average molecular weight is 161 g/mol. The zero-order chi connectivity index (χ0) is 7.56. The summed E-state index contributed by atoms with van der Waals surface area (Å²) in [7, 11) is 0. The lowest BCUT2D eigenvalue weighted by atomic mass is 10.4. The predicted octanol–water partition coefficient (Wildman–Crippen LogP) is 1.72. The van der Waals surface area contributed by atoms with E-state index in [1.54, 1.807) is 0 Å². The van der Waals surface area contributed by atoms with E-state index < -0.39 is 5.97 Å². The van der Waals surface area contributed by atoms with Crippen molar-refractivity contribution in [3.05, 3.63) is 23.7 Å². The van der Waals surface area contributed by atoms with Gasteiger partial charge in [0.05, 0.1) is 5.88 Å². The zero-order valence-electron chi connectivity index (χ0n) is 5.00. The van der Waals surface area contributed by atoms with Crippen molar-refractivity contribution in [3.63, 3.8) is 0 Å². The summed E-state index contributed by atoms with van der Waals surface area (Å²) in [6, 6.07) is 2.91. The molecule has 0 atom stereocenters. The second-order valence-corrected chi connectivity index (χ2v) is 1.97. The Morgan fingerprint density at radius 1 is 1.70 bits per heavy atom. The Balaban J connectivity index is 2.88. The van der Waals surface area contributed by atoms with Crippen molar-refractivity contribution < 1.29 is 14.3 Å². The summed E-state index contributed by atoms with van der Waals surface area (Å²) >= 11 is 5.36. The molecule has 0 spiro atoms. The Hall–Kier alpha value is -0.960. The zero-order valence-corrected chi connectivity index (χ0v) is 5.76.